The van der Waals surface area contributed by atoms with Gasteiger partial charge in [0.2, 0.25) is 0 Å². The molecule has 276 valence electrons. The molecule has 4 nitrogen and oxygen atoms in total. The molecule has 4 heteroatoms. The first kappa shape index (κ1) is 34.9. The standard InChI is InChI=1S/C53H42N2O2/c1-31(56)53(32(2)57,45-27-37-35-17-9-11-19-41(35)51(3,4)43(37)29-39(45)49-25-23-33-15-7-13-21-47(33)54-49)46-28-38-36-18-10-12-20-42(36)52(5,6)44(38)30-40(46)50-26-24-34-16-8-14-22-48(34)55-50/h7-30H,1-6H3. The first-order valence-electron chi connectivity index (χ1n) is 19.7. The maximum absolute atomic E-state index is 15.2. The molecule has 0 saturated carbocycles. The molecule has 0 atom stereocenters. The van der Waals surface area contributed by atoms with Crippen molar-refractivity contribution in [3.05, 3.63) is 179 Å². The number of fused-ring (bicyclic) bond motifs is 8. The van der Waals surface area contributed by atoms with E-state index in [1.807, 2.05) is 48.5 Å². The van der Waals surface area contributed by atoms with Gasteiger partial charge in [-0.25, -0.2) is 9.97 Å². The molecule has 0 fully saturated rings. The fraction of sp³-hybridized carbons (Fsp3) is 0.170. The average Bonchev–Trinajstić information content (AvgIpc) is 3.58. The summed E-state index contributed by atoms with van der Waals surface area (Å²) in [6.45, 7) is 12.2. The summed E-state index contributed by atoms with van der Waals surface area (Å²) >= 11 is 0. The van der Waals surface area contributed by atoms with Crippen LogP contribution in [0.1, 0.15) is 74.9 Å². The van der Waals surface area contributed by atoms with E-state index in [1.165, 1.54) is 11.1 Å². The second-order valence-electron chi connectivity index (χ2n) is 16.9. The van der Waals surface area contributed by atoms with Crippen LogP contribution in [0.25, 0.3) is 66.6 Å². The Bertz CT molecular complexity index is 2840. The molecule has 0 saturated heterocycles. The fourth-order valence-electron chi connectivity index (χ4n) is 10.1. The van der Waals surface area contributed by atoms with E-state index in [0.29, 0.717) is 22.5 Å². The number of pyridine rings is 2. The van der Waals surface area contributed by atoms with Gasteiger partial charge < -0.3 is 0 Å². The lowest BCUT2D eigenvalue weighted by molar-refractivity contribution is -0.130. The topological polar surface area (TPSA) is 59.9 Å². The van der Waals surface area contributed by atoms with Crippen LogP contribution in [0.3, 0.4) is 0 Å². The molecule has 2 heterocycles. The van der Waals surface area contributed by atoms with Crippen molar-refractivity contribution < 1.29 is 9.59 Å². The molecule has 0 aliphatic heterocycles. The van der Waals surface area contributed by atoms with Crippen LogP contribution in [0.4, 0.5) is 0 Å². The summed E-state index contributed by atoms with van der Waals surface area (Å²) in [5, 5.41) is 2.04. The van der Waals surface area contributed by atoms with Crippen molar-refractivity contribution in [1.29, 1.82) is 0 Å². The molecule has 0 bridgehead atoms. The molecule has 0 N–H and O–H groups in total. The number of benzene rings is 6. The number of aromatic nitrogens is 2. The van der Waals surface area contributed by atoms with Crippen LogP contribution in [-0.4, -0.2) is 21.5 Å². The van der Waals surface area contributed by atoms with Gasteiger partial charge in [-0.1, -0.05) is 125 Å². The van der Waals surface area contributed by atoms with Crippen LogP contribution in [0, 0.1) is 0 Å². The quantitative estimate of drug-likeness (QED) is 0.159. The zero-order chi connectivity index (χ0) is 39.4. The van der Waals surface area contributed by atoms with E-state index < -0.39 is 5.41 Å². The summed E-state index contributed by atoms with van der Waals surface area (Å²) in [7, 11) is 0. The first-order valence-corrected chi connectivity index (χ1v) is 19.7. The monoisotopic (exact) mass is 738 g/mol. The van der Waals surface area contributed by atoms with Gasteiger partial charge in [-0.2, -0.15) is 0 Å². The van der Waals surface area contributed by atoms with Crippen LogP contribution in [0.2, 0.25) is 0 Å². The minimum absolute atomic E-state index is 0.255. The number of hydrogen-bond acceptors (Lipinski definition) is 4. The van der Waals surface area contributed by atoms with Gasteiger partial charge in [-0.05, 0) is 118 Å². The molecule has 2 aromatic heterocycles. The third-order valence-electron chi connectivity index (χ3n) is 13.1. The fourth-order valence-corrected chi connectivity index (χ4v) is 10.1. The number of hydrogen-bond donors (Lipinski definition) is 0. The molecule has 0 amide bonds. The molecular formula is C53H42N2O2. The summed E-state index contributed by atoms with van der Waals surface area (Å²) in [5.41, 5.74) is 12.5. The van der Waals surface area contributed by atoms with Crippen LogP contribution in [-0.2, 0) is 25.8 Å². The highest BCUT2D eigenvalue weighted by molar-refractivity contribution is 6.17. The third kappa shape index (κ3) is 4.86. The van der Waals surface area contributed by atoms with Crippen LogP contribution in [0.5, 0.6) is 0 Å². The van der Waals surface area contributed by atoms with E-state index in [-0.39, 0.29) is 22.4 Å². The lowest BCUT2D eigenvalue weighted by Crippen LogP contribution is -2.43. The summed E-state index contributed by atoms with van der Waals surface area (Å²) in [6, 6.07) is 50.0. The zero-order valence-corrected chi connectivity index (χ0v) is 33.1. The minimum atomic E-state index is -1.72. The number of rotatable bonds is 6. The van der Waals surface area contributed by atoms with Crippen LogP contribution >= 0.6 is 0 Å². The Hall–Kier alpha value is -6.52. The van der Waals surface area contributed by atoms with Crippen LogP contribution in [0.15, 0.2) is 146 Å². The number of Topliss-reactive ketones (excluding diaryl/α,β-unsaturated/α-hetero) is 2. The van der Waals surface area contributed by atoms with Gasteiger partial charge in [-0.15, -0.1) is 0 Å². The number of nitrogens with zero attached hydrogens (tertiary/aromatic N) is 2. The molecule has 2 aliphatic carbocycles. The van der Waals surface area contributed by atoms with Crippen molar-refractivity contribution in [1.82, 2.24) is 9.97 Å². The average molecular weight is 739 g/mol. The SMILES string of the molecule is CC(=O)C(C(C)=O)(c1cc2c(cc1-c1ccc3ccccc3n1)C(C)(C)c1ccccc1-2)c1cc2c(cc1-c1ccc3ccccc3n1)C(C)(C)c1ccccc1-2. The third-order valence-corrected chi connectivity index (χ3v) is 13.1. The molecule has 0 radical (unpaired) electrons. The maximum atomic E-state index is 15.2. The minimum Gasteiger partial charge on any atom is -0.298 e. The first-order chi connectivity index (χ1) is 27.4. The predicted molar refractivity (Wildman–Crippen MR) is 232 cm³/mol. The zero-order valence-electron chi connectivity index (χ0n) is 33.1. The van der Waals surface area contributed by atoms with Crippen molar-refractivity contribution in [3.63, 3.8) is 0 Å². The normalized spacial score (nSPS) is 14.6. The lowest BCUT2D eigenvalue weighted by atomic mass is 9.64. The Morgan fingerprint density at radius 2 is 0.807 bits per heavy atom. The van der Waals surface area contributed by atoms with Gasteiger partial charge in [-0.3, -0.25) is 9.59 Å². The number of carbonyl (C=O) groups is 2. The molecule has 0 unspecified atom stereocenters. The Kier molecular flexibility index (Phi) is 7.50. The van der Waals surface area contributed by atoms with Gasteiger partial charge in [0.1, 0.15) is 5.41 Å². The second-order valence-corrected chi connectivity index (χ2v) is 16.9. The largest absolute Gasteiger partial charge is 0.298 e. The Morgan fingerprint density at radius 1 is 0.421 bits per heavy atom. The molecule has 8 aromatic rings. The van der Waals surface area contributed by atoms with E-state index in [4.69, 9.17) is 9.97 Å². The summed E-state index contributed by atoms with van der Waals surface area (Å²) in [5.74, 6) is -0.509. The van der Waals surface area contributed by atoms with E-state index >= 15 is 9.59 Å². The van der Waals surface area contributed by atoms with Gasteiger partial charge >= 0.3 is 0 Å². The van der Waals surface area contributed by atoms with Gasteiger partial charge in [0, 0.05) is 32.7 Å². The highest BCUT2D eigenvalue weighted by Gasteiger charge is 2.50. The Labute approximate surface area is 333 Å². The summed E-state index contributed by atoms with van der Waals surface area (Å²) in [6.07, 6.45) is 0. The van der Waals surface area contributed by atoms with Gasteiger partial charge in [0.05, 0.1) is 22.4 Å². The smallest absolute Gasteiger partial charge is 0.152 e. The van der Waals surface area contributed by atoms with E-state index in [9.17, 15) is 0 Å². The molecular weight excluding hydrogens is 697 g/mol. The van der Waals surface area contributed by atoms with Crippen molar-refractivity contribution in [2.45, 2.75) is 57.8 Å². The molecule has 0 spiro atoms. The summed E-state index contributed by atoms with van der Waals surface area (Å²) < 4.78 is 0. The van der Waals surface area contributed by atoms with E-state index in [2.05, 4.69) is 125 Å². The van der Waals surface area contributed by atoms with Crippen LogP contribution < -0.4 is 0 Å². The molecule has 2 aliphatic rings. The Balaban J connectivity index is 1.37. The number of para-hydroxylation sites is 2. The van der Waals surface area contributed by atoms with Crippen molar-refractivity contribution in [3.8, 4) is 44.8 Å². The lowest BCUT2D eigenvalue weighted by Gasteiger charge is -2.35. The highest BCUT2D eigenvalue weighted by atomic mass is 16.2. The molecule has 10 rings (SSSR count). The predicted octanol–water partition coefficient (Wildman–Crippen LogP) is 12.2. The van der Waals surface area contributed by atoms with Gasteiger partial charge in [0.15, 0.2) is 11.6 Å². The molecule has 57 heavy (non-hydrogen) atoms. The Morgan fingerprint density at radius 3 is 1.23 bits per heavy atom. The van der Waals surface area contributed by atoms with Gasteiger partial charge in [0.25, 0.3) is 0 Å². The molecule has 6 aromatic carbocycles. The highest BCUT2D eigenvalue weighted by Crippen LogP contribution is 2.56. The van der Waals surface area contributed by atoms with E-state index in [1.54, 1.807) is 13.8 Å². The second kappa shape index (κ2) is 12.2. The van der Waals surface area contributed by atoms with Crippen molar-refractivity contribution >= 4 is 33.4 Å². The van der Waals surface area contributed by atoms with Crippen molar-refractivity contribution in [2.24, 2.45) is 0 Å². The number of carbonyl (C=O) groups excluding carboxylic acids is 2. The van der Waals surface area contributed by atoms with E-state index in [0.717, 1.165) is 66.3 Å². The number of ketones is 2. The maximum Gasteiger partial charge on any atom is 0.152 e. The summed E-state index contributed by atoms with van der Waals surface area (Å²) in [4.78, 5) is 40.9. The van der Waals surface area contributed by atoms with Crippen molar-refractivity contribution in [2.75, 3.05) is 0 Å².